The third kappa shape index (κ3) is 2.91. The van der Waals surface area contributed by atoms with Crippen LogP contribution in [0, 0.1) is 13.8 Å². The van der Waals surface area contributed by atoms with Gasteiger partial charge in [0.1, 0.15) is 0 Å². The van der Waals surface area contributed by atoms with Crippen LogP contribution in [0.3, 0.4) is 0 Å². The third-order valence-corrected chi connectivity index (χ3v) is 3.08. The standard InChI is InChI=1S/C16H17NO3/c1-10-4-5-11(2)13(8-10)17-16(19)12-6-7-14(18)15(9-12)20-3/h4-9,18H,1-3H3,(H,17,19). The number of anilines is 1. The number of aromatic hydroxyl groups is 1. The molecular weight excluding hydrogens is 254 g/mol. The van der Waals surface area contributed by atoms with E-state index in [2.05, 4.69) is 5.32 Å². The van der Waals surface area contributed by atoms with Crippen molar-refractivity contribution >= 4 is 11.6 Å². The molecule has 0 bridgehead atoms. The van der Waals surface area contributed by atoms with Gasteiger partial charge in [-0.3, -0.25) is 4.79 Å². The highest BCUT2D eigenvalue weighted by atomic mass is 16.5. The fourth-order valence-electron chi connectivity index (χ4n) is 1.88. The van der Waals surface area contributed by atoms with Crippen LogP contribution >= 0.6 is 0 Å². The first-order valence-corrected chi connectivity index (χ1v) is 6.27. The van der Waals surface area contributed by atoms with Gasteiger partial charge >= 0.3 is 0 Å². The number of amides is 1. The summed E-state index contributed by atoms with van der Waals surface area (Å²) in [5, 5.41) is 12.4. The van der Waals surface area contributed by atoms with Gasteiger partial charge in [-0.2, -0.15) is 0 Å². The molecule has 0 saturated carbocycles. The second-order valence-electron chi connectivity index (χ2n) is 4.66. The molecule has 0 aliphatic carbocycles. The lowest BCUT2D eigenvalue weighted by atomic mass is 10.1. The van der Waals surface area contributed by atoms with Gasteiger partial charge in [-0.05, 0) is 49.2 Å². The monoisotopic (exact) mass is 271 g/mol. The minimum Gasteiger partial charge on any atom is -0.504 e. The summed E-state index contributed by atoms with van der Waals surface area (Å²) in [7, 11) is 1.45. The van der Waals surface area contributed by atoms with Gasteiger partial charge < -0.3 is 15.2 Å². The van der Waals surface area contributed by atoms with Crippen molar-refractivity contribution in [3.63, 3.8) is 0 Å². The van der Waals surface area contributed by atoms with Gasteiger partial charge in [0, 0.05) is 11.3 Å². The lowest BCUT2D eigenvalue weighted by Gasteiger charge is -2.10. The smallest absolute Gasteiger partial charge is 0.255 e. The largest absolute Gasteiger partial charge is 0.504 e. The molecule has 2 N–H and O–H groups in total. The van der Waals surface area contributed by atoms with Gasteiger partial charge in [0.15, 0.2) is 11.5 Å². The summed E-state index contributed by atoms with van der Waals surface area (Å²) < 4.78 is 5.00. The van der Waals surface area contributed by atoms with Gasteiger partial charge in [-0.25, -0.2) is 0 Å². The Hall–Kier alpha value is -2.49. The zero-order chi connectivity index (χ0) is 14.7. The van der Waals surface area contributed by atoms with Crippen LogP contribution in [0.5, 0.6) is 11.5 Å². The number of hydrogen-bond donors (Lipinski definition) is 2. The molecule has 0 aliphatic rings. The average Bonchev–Trinajstić information content (AvgIpc) is 2.43. The highest BCUT2D eigenvalue weighted by Crippen LogP contribution is 2.27. The number of carbonyl (C=O) groups excluding carboxylic acids is 1. The number of methoxy groups -OCH3 is 1. The van der Waals surface area contributed by atoms with Crippen LogP contribution in [0.25, 0.3) is 0 Å². The highest BCUT2D eigenvalue weighted by molar-refractivity contribution is 6.05. The van der Waals surface area contributed by atoms with Crippen molar-refractivity contribution < 1.29 is 14.6 Å². The number of phenols is 1. The molecular formula is C16H17NO3. The van der Waals surface area contributed by atoms with Crippen molar-refractivity contribution in [1.82, 2.24) is 0 Å². The first kappa shape index (κ1) is 13.9. The van der Waals surface area contributed by atoms with Crippen LogP contribution in [0.4, 0.5) is 5.69 Å². The van der Waals surface area contributed by atoms with Crippen molar-refractivity contribution in [3.8, 4) is 11.5 Å². The van der Waals surface area contributed by atoms with E-state index in [-0.39, 0.29) is 17.4 Å². The fourth-order valence-corrected chi connectivity index (χ4v) is 1.88. The average molecular weight is 271 g/mol. The van der Waals surface area contributed by atoms with Gasteiger partial charge in [-0.15, -0.1) is 0 Å². The fraction of sp³-hybridized carbons (Fsp3) is 0.188. The highest BCUT2D eigenvalue weighted by Gasteiger charge is 2.11. The summed E-state index contributed by atoms with van der Waals surface area (Å²) >= 11 is 0. The molecule has 4 nitrogen and oxygen atoms in total. The zero-order valence-electron chi connectivity index (χ0n) is 11.7. The van der Waals surface area contributed by atoms with Crippen molar-refractivity contribution in [2.75, 3.05) is 12.4 Å². The molecule has 20 heavy (non-hydrogen) atoms. The minimum atomic E-state index is -0.239. The number of benzene rings is 2. The minimum absolute atomic E-state index is 0.00999. The second-order valence-corrected chi connectivity index (χ2v) is 4.66. The van der Waals surface area contributed by atoms with Gasteiger partial charge in [0.2, 0.25) is 0 Å². The van der Waals surface area contributed by atoms with E-state index in [0.29, 0.717) is 5.56 Å². The van der Waals surface area contributed by atoms with Crippen LogP contribution in [0.1, 0.15) is 21.5 Å². The van der Waals surface area contributed by atoms with E-state index in [1.54, 1.807) is 6.07 Å². The Morgan fingerprint density at radius 2 is 1.90 bits per heavy atom. The van der Waals surface area contributed by atoms with E-state index >= 15 is 0 Å². The Morgan fingerprint density at radius 3 is 2.60 bits per heavy atom. The van der Waals surface area contributed by atoms with Crippen LogP contribution in [0.2, 0.25) is 0 Å². The number of aryl methyl sites for hydroxylation is 2. The van der Waals surface area contributed by atoms with E-state index in [0.717, 1.165) is 16.8 Å². The first-order valence-electron chi connectivity index (χ1n) is 6.27. The summed E-state index contributed by atoms with van der Waals surface area (Å²) in [6.07, 6.45) is 0. The Bertz CT molecular complexity index is 650. The summed E-state index contributed by atoms with van der Waals surface area (Å²) in [6, 6.07) is 10.4. The molecule has 0 heterocycles. The summed E-state index contributed by atoms with van der Waals surface area (Å²) in [5.74, 6) is 0.0476. The maximum Gasteiger partial charge on any atom is 0.255 e. The molecule has 0 saturated heterocycles. The van der Waals surface area contributed by atoms with Crippen molar-refractivity contribution in [3.05, 3.63) is 53.1 Å². The lowest BCUT2D eigenvalue weighted by Crippen LogP contribution is -2.13. The third-order valence-electron chi connectivity index (χ3n) is 3.08. The van der Waals surface area contributed by atoms with Crippen molar-refractivity contribution in [1.29, 1.82) is 0 Å². The number of phenolic OH excluding ortho intramolecular Hbond substituents is 1. The number of ether oxygens (including phenoxy) is 1. The molecule has 0 spiro atoms. The molecule has 1 amide bonds. The van der Waals surface area contributed by atoms with Crippen molar-refractivity contribution in [2.24, 2.45) is 0 Å². The van der Waals surface area contributed by atoms with Gasteiger partial charge in [0.05, 0.1) is 7.11 Å². The van der Waals surface area contributed by atoms with Crippen LogP contribution in [0.15, 0.2) is 36.4 Å². The molecule has 104 valence electrons. The van der Waals surface area contributed by atoms with E-state index in [1.165, 1.54) is 19.2 Å². The number of hydrogen-bond acceptors (Lipinski definition) is 3. The number of rotatable bonds is 3. The Kier molecular flexibility index (Phi) is 3.94. The summed E-state index contributed by atoms with van der Waals surface area (Å²) in [6.45, 7) is 3.91. The maximum atomic E-state index is 12.2. The molecule has 0 aromatic heterocycles. The number of carbonyl (C=O) groups is 1. The molecule has 0 fully saturated rings. The molecule has 2 rings (SSSR count). The van der Waals surface area contributed by atoms with E-state index in [9.17, 15) is 9.90 Å². The molecule has 0 unspecified atom stereocenters. The predicted octanol–water partition coefficient (Wildman–Crippen LogP) is 3.27. The molecule has 2 aromatic rings. The van der Waals surface area contributed by atoms with Crippen molar-refractivity contribution in [2.45, 2.75) is 13.8 Å². The normalized spacial score (nSPS) is 10.2. The predicted molar refractivity (Wildman–Crippen MR) is 78.5 cm³/mol. The van der Waals surface area contributed by atoms with Crippen LogP contribution < -0.4 is 10.1 Å². The van der Waals surface area contributed by atoms with E-state index < -0.39 is 0 Å². The Labute approximate surface area is 118 Å². The number of nitrogens with one attached hydrogen (secondary N) is 1. The summed E-state index contributed by atoms with van der Waals surface area (Å²) in [5.41, 5.74) is 3.28. The van der Waals surface area contributed by atoms with Gasteiger partial charge in [0.25, 0.3) is 5.91 Å². The van der Waals surface area contributed by atoms with Gasteiger partial charge in [-0.1, -0.05) is 12.1 Å². The SMILES string of the molecule is COc1cc(C(=O)Nc2cc(C)ccc2C)ccc1O. The topological polar surface area (TPSA) is 58.6 Å². The molecule has 0 radical (unpaired) electrons. The Balaban J connectivity index is 2.26. The molecule has 0 atom stereocenters. The van der Waals surface area contributed by atoms with E-state index in [4.69, 9.17) is 4.74 Å². The quantitative estimate of drug-likeness (QED) is 0.900. The van der Waals surface area contributed by atoms with Crippen LogP contribution in [-0.4, -0.2) is 18.1 Å². The van der Waals surface area contributed by atoms with Crippen LogP contribution in [-0.2, 0) is 0 Å². The molecule has 2 aromatic carbocycles. The lowest BCUT2D eigenvalue weighted by molar-refractivity contribution is 0.102. The van der Waals surface area contributed by atoms with E-state index in [1.807, 2.05) is 32.0 Å². The molecule has 0 aliphatic heterocycles. The first-order chi connectivity index (χ1) is 9.51. The Morgan fingerprint density at radius 1 is 1.15 bits per heavy atom. The summed E-state index contributed by atoms with van der Waals surface area (Å²) in [4.78, 5) is 12.2. The maximum absolute atomic E-state index is 12.2. The second kappa shape index (κ2) is 5.65. The zero-order valence-corrected chi connectivity index (χ0v) is 11.7. The molecule has 4 heteroatoms.